The molecule has 0 amide bonds. The zero-order chi connectivity index (χ0) is 49.5. The van der Waals surface area contributed by atoms with Gasteiger partial charge in [0.25, 0.3) is 0 Å². The largest absolute Gasteiger partial charge is 0.452 e. The maximum Gasteiger partial charge on any atom is 0.338 e. The van der Waals surface area contributed by atoms with E-state index in [2.05, 4.69) is 30.3 Å². The summed E-state index contributed by atoms with van der Waals surface area (Å²) in [5, 5.41) is 4.05. The molecule has 9 rings (SSSR count). The summed E-state index contributed by atoms with van der Waals surface area (Å²) in [6.45, 7) is 1.72. The van der Waals surface area contributed by atoms with Crippen molar-refractivity contribution in [2.45, 2.75) is 62.7 Å². The van der Waals surface area contributed by atoms with Gasteiger partial charge in [0.2, 0.25) is 0 Å². The average Bonchev–Trinajstić information content (AvgIpc) is 3.43. The molecular weight excluding hydrogens is 915 g/mol. The summed E-state index contributed by atoms with van der Waals surface area (Å²) < 4.78 is 51.1. The summed E-state index contributed by atoms with van der Waals surface area (Å²) in [4.78, 5) is 48.5. The minimum Gasteiger partial charge on any atom is -0.452 e. The number of esters is 3. The van der Waals surface area contributed by atoms with Gasteiger partial charge in [-0.3, -0.25) is 4.84 Å². The normalized spacial score (nSPS) is 22.2. The molecule has 72 heavy (non-hydrogen) atoms. The van der Waals surface area contributed by atoms with Crippen LogP contribution in [0, 0.1) is 5.92 Å². The highest BCUT2D eigenvalue weighted by Crippen LogP contribution is 2.33. The number of fused-ring (bicyclic) bond motifs is 1. The number of methoxy groups -OCH3 is 1. The molecule has 0 bridgehead atoms. The molecule has 13 heteroatoms. The SMILES string of the molecule is CO[C@H]1O[C@H](CON2C[C@H](COCc3ccccc3)[C@@H](OCc3ccc4ccccc4c3)[C@H](OCc3ccccc3)C2)[C@@H](OC(=O)c2ccccc2)[C@H](OC(=O)c2ccccc2)[C@H]1OC(=O)c1ccccc1. The Kier molecular flexibility index (Phi) is 17.2. The van der Waals surface area contributed by atoms with Crippen LogP contribution in [0.2, 0.25) is 0 Å². The molecule has 2 saturated heterocycles. The molecule has 0 N–H and O–H groups in total. The summed E-state index contributed by atoms with van der Waals surface area (Å²) in [5.41, 5.74) is 3.73. The van der Waals surface area contributed by atoms with E-state index >= 15 is 0 Å². The maximum absolute atomic E-state index is 14.1. The molecule has 2 fully saturated rings. The van der Waals surface area contributed by atoms with Crippen molar-refractivity contribution in [1.29, 1.82) is 0 Å². The van der Waals surface area contributed by atoms with Crippen LogP contribution in [0.3, 0.4) is 0 Å². The van der Waals surface area contributed by atoms with E-state index in [9.17, 15) is 14.4 Å². The van der Waals surface area contributed by atoms with E-state index in [0.717, 1.165) is 27.5 Å². The average molecular weight is 972 g/mol. The molecular formula is C59H57NO12. The first-order chi connectivity index (χ1) is 35.4. The van der Waals surface area contributed by atoms with E-state index < -0.39 is 60.8 Å². The van der Waals surface area contributed by atoms with Crippen molar-refractivity contribution in [3.8, 4) is 0 Å². The third-order valence-corrected chi connectivity index (χ3v) is 12.7. The Morgan fingerprint density at radius 1 is 0.486 bits per heavy atom. The summed E-state index contributed by atoms with van der Waals surface area (Å²) in [7, 11) is 1.38. The topological polar surface area (TPSA) is 138 Å². The summed E-state index contributed by atoms with van der Waals surface area (Å²) in [5.74, 6) is -2.48. The number of hydroxylamine groups is 2. The number of ether oxygens (including phenoxy) is 8. The fourth-order valence-corrected chi connectivity index (χ4v) is 8.97. The highest BCUT2D eigenvalue weighted by molar-refractivity contribution is 5.91. The zero-order valence-corrected chi connectivity index (χ0v) is 39.9. The van der Waals surface area contributed by atoms with Crippen molar-refractivity contribution in [3.63, 3.8) is 0 Å². The van der Waals surface area contributed by atoms with Crippen molar-refractivity contribution < 1.29 is 57.1 Å². The van der Waals surface area contributed by atoms with Gasteiger partial charge >= 0.3 is 17.9 Å². The summed E-state index contributed by atoms with van der Waals surface area (Å²) in [6.07, 6.45) is -7.62. The number of nitrogens with zero attached hydrogens (tertiary/aromatic N) is 1. The predicted molar refractivity (Wildman–Crippen MR) is 267 cm³/mol. The minimum absolute atomic E-state index is 0.222. The van der Waals surface area contributed by atoms with E-state index in [-0.39, 0.29) is 35.8 Å². The molecule has 13 nitrogen and oxygen atoms in total. The number of benzene rings is 7. The molecule has 8 atom stereocenters. The third kappa shape index (κ3) is 13.1. The van der Waals surface area contributed by atoms with Crippen LogP contribution < -0.4 is 0 Å². The minimum atomic E-state index is -1.44. The first-order valence-electron chi connectivity index (χ1n) is 24.1. The standard InChI is InChI=1S/C59H57NO12/c1-64-59-55(72-58(63)47-28-15-6-16-29-47)54(71-57(62)46-26-13-5-14-27-46)53(70-56(61)45-24-11-4-12-25-45)51(69-59)40-68-60-34-49(39-65-36-41-19-7-2-8-20-41)52(50(35-60)66-37-42-21-9-3-10-22-42)67-38-43-31-32-44-23-17-18-30-48(44)33-43/h2-33,49-55,59H,34-40H2,1H3/t49-,50-,51-,52-,53-,54+,55-,59+/m1/s1. The van der Waals surface area contributed by atoms with Crippen molar-refractivity contribution in [3.05, 3.63) is 228 Å². The molecule has 2 aliphatic heterocycles. The van der Waals surface area contributed by atoms with E-state index in [1.165, 1.54) is 7.11 Å². The van der Waals surface area contributed by atoms with Crippen molar-refractivity contribution in [2.24, 2.45) is 5.92 Å². The highest BCUT2D eigenvalue weighted by Gasteiger charge is 2.53. The van der Waals surface area contributed by atoms with Crippen LogP contribution in [0.5, 0.6) is 0 Å². The van der Waals surface area contributed by atoms with Gasteiger partial charge in [-0.25, -0.2) is 14.4 Å². The number of carbonyl (C=O) groups excluding carboxylic acids is 3. The van der Waals surface area contributed by atoms with E-state index in [1.54, 1.807) is 96.1 Å². The first kappa shape index (κ1) is 49.9. The van der Waals surface area contributed by atoms with Gasteiger partial charge in [0, 0.05) is 19.6 Å². The van der Waals surface area contributed by atoms with Crippen LogP contribution in [-0.4, -0.2) is 99.3 Å². The lowest BCUT2D eigenvalue weighted by molar-refractivity contribution is -0.314. The summed E-state index contributed by atoms with van der Waals surface area (Å²) >= 11 is 0. The van der Waals surface area contributed by atoms with Gasteiger partial charge in [-0.05, 0) is 69.9 Å². The van der Waals surface area contributed by atoms with Gasteiger partial charge in [-0.15, -0.1) is 0 Å². The van der Waals surface area contributed by atoms with Gasteiger partial charge in [-0.2, -0.15) is 5.06 Å². The van der Waals surface area contributed by atoms with Crippen molar-refractivity contribution >= 4 is 28.7 Å². The zero-order valence-electron chi connectivity index (χ0n) is 39.9. The van der Waals surface area contributed by atoms with E-state index in [4.69, 9.17) is 42.7 Å². The molecule has 7 aromatic carbocycles. The molecule has 0 saturated carbocycles. The van der Waals surface area contributed by atoms with Crippen LogP contribution in [0.15, 0.2) is 194 Å². The number of hydrogen-bond donors (Lipinski definition) is 0. The summed E-state index contributed by atoms with van der Waals surface area (Å²) in [6, 6.07) is 59.5. The van der Waals surface area contributed by atoms with E-state index in [0.29, 0.717) is 33.0 Å². The molecule has 2 aliphatic rings. The quantitative estimate of drug-likeness (QED) is 0.0530. The lowest BCUT2D eigenvalue weighted by atomic mass is 9.93. The number of hydrogen-bond acceptors (Lipinski definition) is 13. The predicted octanol–water partition coefficient (Wildman–Crippen LogP) is 9.44. The Hall–Kier alpha value is -7.07. The molecule has 0 aromatic heterocycles. The molecule has 370 valence electrons. The second-order valence-electron chi connectivity index (χ2n) is 17.7. The molecule has 0 radical (unpaired) electrons. The van der Waals surface area contributed by atoms with Gasteiger partial charge in [0.05, 0.1) is 68.5 Å². The Bertz CT molecular complexity index is 2800. The van der Waals surface area contributed by atoms with Gasteiger partial charge in [0.1, 0.15) is 6.10 Å². The third-order valence-electron chi connectivity index (χ3n) is 12.7. The fraction of sp³-hybridized carbons (Fsp3) is 0.271. The van der Waals surface area contributed by atoms with Crippen LogP contribution >= 0.6 is 0 Å². The first-order valence-corrected chi connectivity index (χ1v) is 24.1. The van der Waals surface area contributed by atoms with Crippen LogP contribution in [-0.2, 0) is 62.6 Å². The second kappa shape index (κ2) is 24.9. The van der Waals surface area contributed by atoms with Crippen molar-refractivity contribution in [2.75, 3.05) is 33.4 Å². The molecule has 0 spiro atoms. The Labute approximate surface area is 419 Å². The Morgan fingerprint density at radius 3 is 1.57 bits per heavy atom. The van der Waals surface area contributed by atoms with Gasteiger partial charge < -0.3 is 37.9 Å². The Balaban J connectivity index is 1.01. The molecule has 2 heterocycles. The Morgan fingerprint density at radius 2 is 0.986 bits per heavy atom. The lowest BCUT2D eigenvalue weighted by Crippen LogP contribution is -2.63. The van der Waals surface area contributed by atoms with E-state index in [1.807, 2.05) is 72.8 Å². The molecule has 7 aromatic rings. The van der Waals surface area contributed by atoms with Crippen LogP contribution in [0.25, 0.3) is 10.8 Å². The molecule has 0 aliphatic carbocycles. The fourth-order valence-electron chi connectivity index (χ4n) is 8.97. The van der Waals surface area contributed by atoms with Gasteiger partial charge in [-0.1, -0.05) is 152 Å². The maximum atomic E-state index is 14.1. The smallest absolute Gasteiger partial charge is 0.338 e. The highest BCUT2D eigenvalue weighted by atomic mass is 16.7. The number of rotatable bonds is 20. The van der Waals surface area contributed by atoms with Crippen molar-refractivity contribution in [1.82, 2.24) is 5.06 Å². The monoisotopic (exact) mass is 971 g/mol. The number of piperidine rings is 1. The lowest BCUT2D eigenvalue weighted by Gasteiger charge is -2.45. The second-order valence-corrected chi connectivity index (χ2v) is 17.7. The molecule has 0 unspecified atom stereocenters. The van der Waals surface area contributed by atoms with Crippen LogP contribution in [0.4, 0.5) is 0 Å². The van der Waals surface area contributed by atoms with Gasteiger partial charge in [0.15, 0.2) is 24.6 Å². The van der Waals surface area contributed by atoms with Crippen LogP contribution in [0.1, 0.15) is 47.8 Å². The number of carbonyl (C=O) groups is 3.